The highest BCUT2D eigenvalue weighted by Crippen LogP contribution is 2.36. The van der Waals surface area contributed by atoms with Gasteiger partial charge in [-0.1, -0.05) is 11.6 Å². The van der Waals surface area contributed by atoms with E-state index in [-0.39, 0.29) is 11.6 Å². The van der Waals surface area contributed by atoms with Crippen LogP contribution in [0.3, 0.4) is 0 Å². The number of nitrogens with one attached hydrogen (secondary N) is 1. The van der Waals surface area contributed by atoms with Gasteiger partial charge < -0.3 is 14.7 Å². The molecule has 186 valence electrons. The molecule has 1 amide bonds. The molecular formula is C24H19ClN8O3S. The number of hydrogen-bond donors (Lipinski definition) is 2. The zero-order valence-electron chi connectivity index (χ0n) is 19.4. The van der Waals surface area contributed by atoms with Crippen LogP contribution in [0.1, 0.15) is 24.0 Å². The monoisotopic (exact) mass is 534 g/mol. The number of amides is 1. The zero-order valence-corrected chi connectivity index (χ0v) is 20.9. The van der Waals surface area contributed by atoms with Gasteiger partial charge in [0.15, 0.2) is 0 Å². The van der Waals surface area contributed by atoms with Crippen LogP contribution >= 0.6 is 22.9 Å². The van der Waals surface area contributed by atoms with Gasteiger partial charge in [-0.15, -0.1) is 16.4 Å². The SMILES string of the molecule is CN(C(=O)O)c1ccc(-c2cnc(C3CCc4cc(-c5cc(Cl)ccc5-n5cnnn5)cc(=O)n43)[nH]2)s1. The molecule has 0 saturated carbocycles. The molecule has 0 aliphatic carbocycles. The first kappa shape index (κ1) is 23.1. The summed E-state index contributed by atoms with van der Waals surface area (Å²) in [5, 5.41) is 21.8. The van der Waals surface area contributed by atoms with E-state index in [2.05, 4.69) is 25.5 Å². The molecule has 6 rings (SSSR count). The second-order valence-electron chi connectivity index (χ2n) is 8.58. The van der Waals surface area contributed by atoms with Crippen LogP contribution in [0.15, 0.2) is 59.8 Å². The van der Waals surface area contributed by atoms with E-state index in [1.54, 1.807) is 35.0 Å². The maximum atomic E-state index is 13.4. The second kappa shape index (κ2) is 8.98. The summed E-state index contributed by atoms with van der Waals surface area (Å²) in [4.78, 5) is 34.5. The number of aryl methyl sites for hydroxylation is 1. The van der Waals surface area contributed by atoms with Crippen LogP contribution in [-0.2, 0) is 6.42 Å². The van der Waals surface area contributed by atoms with Crippen LogP contribution in [0.5, 0.6) is 0 Å². The Morgan fingerprint density at radius 1 is 1.24 bits per heavy atom. The second-order valence-corrected chi connectivity index (χ2v) is 10.1. The first-order valence-corrected chi connectivity index (χ1v) is 12.5. The lowest BCUT2D eigenvalue weighted by Crippen LogP contribution is -2.23. The molecule has 0 saturated heterocycles. The molecule has 0 bridgehead atoms. The summed E-state index contributed by atoms with van der Waals surface area (Å²) in [6.07, 6.45) is 3.61. The van der Waals surface area contributed by atoms with Crippen molar-refractivity contribution < 1.29 is 9.90 Å². The summed E-state index contributed by atoms with van der Waals surface area (Å²) < 4.78 is 3.30. The summed E-state index contributed by atoms with van der Waals surface area (Å²) in [5.74, 6) is 0.683. The minimum Gasteiger partial charge on any atom is -0.465 e. The number of fused-ring (bicyclic) bond motifs is 1. The standard InChI is InChI=1S/C24H19ClN8O3S/c1-31(24(35)36)22-7-6-20(37-22)17-11-26-23(28-17)19-5-3-15-8-13(9-21(34)33(15)19)16-10-14(25)2-4-18(16)32-12-27-29-30-32/h2,4,6-12,19H,3,5H2,1H3,(H,26,28)(H,35,36). The van der Waals surface area contributed by atoms with Crippen molar-refractivity contribution >= 4 is 34.0 Å². The maximum Gasteiger partial charge on any atom is 0.412 e. The van der Waals surface area contributed by atoms with Crippen molar-refractivity contribution in [2.45, 2.75) is 18.9 Å². The van der Waals surface area contributed by atoms with E-state index in [4.69, 9.17) is 11.6 Å². The van der Waals surface area contributed by atoms with Gasteiger partial charge in [0.25, 0.3) is 5.56 Å². The molecule has 0 spiro atoms. The van der Waals surface area contributed by atoms with Gasteiger partial charge in [-0.05, 0) is 65.2 Å². The van der Waals surface area contributed by atoms with E-state index in [1.807, 2.05) is 18.2 Å². The largest absolute Gasteiger partial charge is 0.465 e. The third-order valence-electron chi connectivity index (χ3n) is 6.38. The number of halogens is 1. The fourth-order valence-electron chi connectivity index (χ4n) is 4.60. The van der Waals surface area contributed by atoms with E-state index >= 15 is 0 Å². The van der Waals surface area contributed by atoms with Gasteiger partial charge in [0.05, 0.1) is 28.5 Å². The molecule has 1 aromatic carbocycles. The molecule has 1 unspecified atom stereocenters. The number of nitrogens with zero attached hydrogens (tertiary/aromatic N) is 7. The molecule has 5 aromatic rings. The third kappa shape index (κ3) is 4.09. The molecule has 0 radical (unpaired) electrons. The van der Waals surface area contributed by atoms with E-state index in [1.165, 1.54) is 34.3 Å². The number of anilines is 1. The topological polar surface area (TPSA) is 135 Å². The number of aromatic amines is 1. The number of hydrogen-bond acceptors (Lipinski definition) is 7. The van der Waals surface area contributed by atoms with Gasteiger partial charge in [0.2, 0.25) is 0 Å². The van der Waals surface area contributed by atoms with E-state index in [0.717, 1.165) is 33.8 Å². The van der Waals surface area contributed by atoms with Gasteiger partial charge in [-0.2, -0.15) is 4.68 Å². The van der Waals surface area contributed by atoms with Crippen molar-refractivity contribution in [2.24, 2.45) is 0 Å². The Kier molecular flexibility index (Phi) is 5.61. The summed E-state index contributed by atoms with van der Waals surface area (Å²) in [6.45, 7) is 0. The molecule has 5 heterocycles. The van der Waals surface area contributed by atoms with E-state index in [0.29, 0.717) is 28.0 Å². The molecule has 1 aliphatic rings. The van der Waals surface area contributed by atoms with Gasteiger partial charge in [0.1, 0.15) is 17.2 Å². The average Bonchev–Trinajstić information content (AvgIpc) is 3.68. The van der Waals surface area contributed by atoms with Gasteiger partial charge in [-0.3, -0.25) is 9.69 Å². The molecular weight excluding hydrogens is 516 g/mol. The zero-order chi connectivity index (χ0) is 25.7. The number of benzene rings is 1. The number of imidazole rings is 1. The van der Waals surface area contributed by atoms with Crippen molar-refractivity contribution in [3.63, 3.8) is 0 Å². The number of tetrazole rings is 1. The molecule has 1 atom stereocenters. The van der Waals surface area contributed by atoms with E-state index in [9.17, 15) is 14.7 Å². The van der Waals surface area contributed by atoms with Crippen molar-refractivity contribution in [3.8, 4) is 27.4 Å². The Balaban J connectivity index is 1.34. The van der Waals surface area contributed by atoms with Crippen LogP contribution in [-0.4, -0.2) is 53.0 Å². The first-order chi connectivity index (χ1) is 17.9. The predicted octanol–water partition coefficient (Wildman–Crippen LogP) is 4.25. The number of carbonyl (C=O) groups is 1. The maximum absolute atomic E-state index is 13.4. The molecule has 11 nitrogen and oxygen atoms in total. The fourth-order valence-corrected chi connectivity index (χ4v) is 5.70. The van der Waals surface area contributed by atoms with Crippen molar-refractivity contribution in [3.05, 3.63) is 81.9 Å². The van der Waals surface area contributed by atoms with Crippen LogP contribution in [0.25, 0.3) is 27.4 Å². The lowest BCUT2D eigenvalue weighted by molar-refractivity contribution is 0.203. The summed E-state index contributed by atoms with van der Waals surface area (Å²) in [7, 11) is 1.50. The van der Waals surface area contributed by atoms with Gasteiger partial charge >= 0.3 is 6.09 Å². The third-order valence-corrected chi connectivity index (χ3v) is 7.81. The minimum absolute atomic E-state index is 0.142. The van der Waals surface area contributed by atoms with Gasteiger partial charge in [0, 0.05) is 29.4 Å². The number of aromatic nitrogens is 7. The molecule has 4 aromatic heterocycles. The normalized spacial score (nSPS) is 14.6. The van der Waals surface area contributed by atoms with Gasteiger partial charge in [-0.25, -0.2) is 9.78 Å². The number of pyridine rings is 1. The number of thiophene rings is 1. The highest BCUT2D eigenvalue weighted by atomic mass is 35.5. The Hall–Kier alpha value is -4.29. The summed E-state index contributed by atoms with van der Waals surface area (Å²) in [6, 6.07) is 12.3. The molecule has 2 N–H and O–H groups in total. The first-order valence-electron chi connectivity index (χ1n) is 11.3. The summed E-state index contributed by atoms with van der Waals surface area (Å²) in [5.41, 5.74) is 3.73. The average molecular weight is 535 g/mol. The van der Waals surface area contributed by atoms with Crippen molar-refractivity contribution in [1.82, 2.24) is 34.7 Å². The quantitative estimate of drug-likeness (QED) is 0.344. The lowest BCUT2D eigenvalue weighted by Gasteiger charge is -2.15. The fraction of sp³-hybridized carbons (Fsp3) is 0.167. The number of carboxylic acid groups (broad SMARTS) is 1. The molecule has 1 aliphatic heterocycles. The molecule has 13 heteroatoms. The van der Waals surface area contributed by atoms with Crippen LogP contribution < -0.4 is 10.5 Å². The van der Waals surface area contributed by atoms with Crippen LogP contribution in [0, 0.1) is 0 Å². The van der Waals surface area contributed by atoms with E-state index < -0.39 is 6.09 Å². The van der Waals surface area contributed by atoms with Crippen molar-refractivity contribution in [1.29, 1.82) is 0 Å². The Bertz CT molecular complexity index is 1690. The van der Waals surface area contributed by atoms with Crippen LogP contribution in [0.4, 0.5) is 9.80 Å². The Morgan fingerprint density at radius 3 is 2.89 bits per heavy atom. The predicted molar refractivity (Wildman–Crippen MR) is 139 cm³/mol. The number of H-pyrrole nitrogens is 1. The summed E-state index contributed by atoms with van der Waals surface area (Å²) >= 11 is 7.63. The minimum atomic E-state index is -1.03. The lowest BCUT2D eigenvalue weighted by atomic mass is 10.0. The number of rotatable bonds is 5. The highest BCUT2D eigenvalue weighted by molar-refractivity contribution is 7.19. The van der Waals surface area contributed by atoms with Crippen LogP contribution in [0.2, 0.25) is 5.02 Å². The smallest absolute Gasteiger partial charge is 0.412 e. The Morgan fingerprint density at radius 2 is 2.11 bits per heavy atom. The van der Waals surface area contributed by atoms with Crippen molar-refractivity contribution in [2.75, 3.05) is 11.9 Å². The molecule has 37 heavy (non-hydrogen) atoms. The Labute approximate surface area is 218 Å². The molecule has 0 fully saturated rings. The highest BCUT2D eigenvalue weighted by Gasteiger charge is 2.28.